The van der Waals surface area contributed by atoms with Gasteiger partial charge < -0.3 is 15.3 Å². The second-order valence-electron chi connectivity index (χ2n) is 6.29. The first kappa shape index (κ1) is 16.4. The van der Waals surface area contributed by atoms with Crippen molar-refractivity contribution in [1.82, 2.24) is 30.1 Å². The fraction of sp³-hybridized carbons (Fsp3) is 0.800. The van der Waals surface area contributed by atoms with E-state index in [1.807, 2.05) is 0 Å². The molecule has 0 aliphatic carbocycles. The number of aliphatic hydroxyl groups is 1. The van der Waals surface area contributed by atoms with Crippen LogP contribution in [0.1, 0.15) is 29.8 Å². The van der Waals surface area contributed by atoms with Gasteiger partial charge in [-0.25, -0.2) is 0 Å². The molecule has 0 spiro atoms. The van der Waals surface area contributed by atoms with E-state index in [9.17, 15) is 9.90 Å². The average molecular weight is 322 g/mol. The Morgan fingerprint density at radius 1 is 1.26 bits per heavy atom. The zero-order valence-electron chi connectivity index (χ0n) is 13.5. The number of likely N-dealkylation sites (tertiary alicyclic amines) is 1. The van der Waals surface area contributed by atoms with E-state index in [2.05, 4.69) is 20.5 Å². The van der Waals surface area contributed by atoms with Crippen molar-refractivity contribution in [2.45, 2.75) is 31.8 Å². The number of hydrogen-bond donors (Lipinski definition) is 2. The zero-order valence-corrected chi connectivity index (χ0v) is 13.5. The van der Waals surface area contributed by atoms with Crippen molar-refractivity contribution in [3.8, 4) is 0 Å². The summed E-state index contributed by atoms with van der Waals surface area (Å²) in [6.07, 6.45) is 4.64. The summed E-state index contributed by atoms with van der Waals surface area (Å²) in [7, 11) is 0. The number of hydrogen-bond acceptors (Lipinski definition) is 6. The quantitative estimate of drug-likeness (QED) is 0.736. The van der Waals surface area contributed by atoms with E-state index < -0.39 is 0 Å². The lowest BCUT2D eigenvalue weighted by atomic mass is 10.0. The standard InChI is InChI=1S/C15H26N6O2/c22-12-13-3-1-2-6-21(13)15(23)14-11-20(18-17-14)10-9-19-7-4-16-5-8-19/h11,13,16,22H,1-10,12H2/t13-/m0/s1. The third-order valence-electron chi connectivity index (χ3n) is 4.71. The highest BCUT2D eigenvalue weighted by Crippen LogP contribution is 2.18. The third-order valence-corrected chi connectivity index (χ3v) is 4.71. The molecule has 1 atom stereocenters. The molecule has 3 heterocycles. The Hall–Kier alpha value is -1.51. The van der Waals surface area contributed by atoms with Gasteiger partial charge >= 0.3 is 0 Å². The Kier molecular flexibility index (Phi) is 5.58. The molecule has 8 heteroatoms. The molecule has 0 saturated carbocycles. The number of nitrogens with zero attached hydrogens (tertiary/aromatic N) is 5. The predicted octanol–water partition coefficient (Wildman–Crippen LogP) is -0.830. The molecule has 2 N–H and O–H groups in total. The molecular weight excluding hydrogens is 296 g/mol. The van der Waals surface area contributed by atoms with Crippen LogP contribution in [0.2, 0.25) is 0 Å². The molecule has 3 rings (SSSR count). The van der Waals surface area contributed by atoms with Crippen LogP contribution < -0.4 is 5.32 Å². The lowest BCUT2D eigenvalue weighted by Crippen LogP contribution is -2.45. The van der Waals surface area contributed by atoms with Crippen LogP contribution in [0.15, 0.2) is 6.20 Å². The second-order valence-corrected chi connectivity index (χ2v) is 6.29. The van der Waals surface area contributed by atoms with Gasteiger partial charge in [0.05, 0.1) is 25.4 Å². The summed E-state index contributed by atoms with van der Waals surface area (Å²) < 4.78 is 1.74. The number of rotatable bonds is 5. The van der Waals surface area contributed by atoms with Crippen LogP contribution in [-0.4, -0.2) is 87.7 Å². The number of nitrogens with one attached hydrogen (secondary N) is 1. The molecule has 2 saturated heterocycles. The Balaban J connectivity index is 1.56. The van der Waals surface area contributed by atoms with Gasteiger partial charge in [-0.3, -0.25) is 14.4 Å². The minimum Gasteiger partial charge on any atom is -0.394 e. The van der Waals surface area contributed by atoms with Crippen LogP contribution in [0.25, 0.3) is 0 Å². The lowest BCUT2D eigenvalue weighted by Gasteiger charge is -2.33. The van der Waals surface area contributed by atoms with Gasteiger partial charge in [0.15, 0.2) is 5.69 Å². The van der Waals surface area contributed by atoms with E-state index in [1.54, 1.807) is 15.8 Å². The Bertz CT molecular complexity index is 514. The highest BCUT2D eigenvalue weighted by molar-refractivity contribution is 5.92. The Morgan fingerprint density at radius 2 is 2.09 bits per heavy atom. The predicted molar refractivity (Wildman–Crippen MR) is 85.1 cm³/mol. The third kappa shape index (κ3) is 4.07. The minimum atomic E-state index is -0.114. The molecule has 2 aliphatic heterocycles. The first-order chi connectivity index (χ1) is 11.3. The van der Waals surface area contributed by atoms with Crippen molar-refractivity contribution in [1.29, 1.82) is 0 Å². The number of amides is 1. The summed E-state index contributed by atoms with van der Waals surface area (Å²) in [5, 5.41) is 20.9. The smallest absolute Gasteiger partial charge is 0.276 e. The van der Waals surface area contributed by atoms with Crippen molar-refractivity contribution in [2.24, 2.45) is 0 Å². The molecule has 0 unspecified atom stereocenters. The molecule has 0 radical (unpaired) electrons. The summed E-state index contributed by atoms with van der Waals surface area (Å²) >= 11 is 0. The van der Waals surface area contributed by atoms with Gasteiger partial charge in [-0.2, -0.15) is 0 Å². The molecule has 1 aromatic heterocycles. The number of carbonyl (C=O) groups excluding carboxylic acids is 1. The van der Waals surface area contributed by atoms with Crippen molar-refractivity contribution >= 4 is 5.91 Å². The average Bonchev–Trinajstić information content (AvgIpc) is 3.09. The number of aliphatic hydroxyl groups excluding tert-OH is 1. The van der Waals surface area contributed by atoms with E-state index in [1.165, 1.54) is 0 Å². The fourth-order valence-corrected chi connectivity index (χ4v) is 3.29. The molecule has 8 nitrogen and oxygen atoms in total. The first-order valence-electron chi connectivity index (χ1n) is 8.53. The van der Waals surface area contributed by atoms with Gasteiger partial charge in [0.2, 0.25) is 0 Å². The molecule has 2 fully saturated rings. The lowest BCUT2D eigenvalue weighted by molar-refractivity contribution is 0.0497. The Labute approximate surface area is 136 Å². The summed E-state index contributed by atoms with van der Waals surface area (Å²) in [4.78, 5) is 16.7. The van der Waals surface area contributed by atoms with Crippen LogP contribution in [0.5, 0.6) is 0 Å². The summed E-state index contributed by atoms with van der Waals surface area (Å²) in [5.74, 6) is -0.114. The molecule has 0 bridgehead atoms. The van der Waals surface area contributed by atoms with E-state index in [0.29, 0.717) is 12.2 Å². The van der Waals surface area contributed by atoms with Crippen molar-refractivity contribution in [3.05, 3.63) is 11.9 Å². The summed E-state index contributed by atoms with van der Waals surface area (Å²) in [5.41, 5.74) is 0.380. The van der Waals surface area contributed by atoms with Crippen LogP contribution >= 0.6 is 0 Å². The minimum absolute atomic E-state index is 0.0167. The van der Waals surface area contributed by atoms with E-state index in [-0.39, 0.29) is 18.6 Å². The van der Waals surface area contributed by atoms with E-state index in [0.717, 1.165) is 58.5 Å². The zero-order chi connectivity index (χ0) is 16.1. The van der Waals surface area contributed by atoms with E-state index in [4.69, 9.17) is 0 Å². The van der Waals surface area contributed by atoms with Gasteiger partial charge in [-0.1, -0.05) is 5.21 Å². The van der Waals surface area contributed by atoms with E-state index >= 15 is 0 Å². The van der Waals surface area contributed by atoms with Gasteiger partial charge in [-0.05, 0) is 19.3 Å². The van der Waals surface area contributed by atoms with Crippen molar-refractivity contribution < 1.29 is 9.90 Å². The fourth-order valence-electron chi connectivity index (χ4n) is 3.29. The molecule has 2 aliphatic rings. The van der Waals surface area contributed by atoms with Crippen LogP contribution in [0.3, 0.4) is 0 Å². The molecular formula is C15H26N6O2. The largest absolute Gasteiger partial charge is 0.394 e. The van der Waals surface area contributed by atoms with Crippen molar-refractivity contribution in [3.63, 3.8) is 0 Å². The highest BCUT2D eigenvalue weighted by atomic mass is 16.3. The molecule has 0 aromatic carbocycles. The number of aromatic nitrogens is 3. The molecule has 1 aromatic rings. The van der Waals surface area contributed by atoms with Crippen molar-refractivity contribution in [2.75, 3.05) is 45.9 Å². The number of piperidine rings is 1. The summed E-state index contributed by atoms with van der Waals surface area (Å²) in [6.45, 7) is 6.52. The SMILES string of the molecule is O=C(c1cn(CCN2CCNCC2)nn1)N1CCCC[C@H]1CO. The van der Waals surface area contributed by atoms with Crippen LogP contribution in [-0.2, 0) is 6.54 Å². The highest BCUT2D eigenvalue weighted by Gasteiger charge is 2.28. The first-order valence-corrected chi connectivity index (χ1v) is 8.53. The Morgan fingerprint density at radius 3 is 2.87 bits per heavy atom. The van der Waals surface area contributed by atoms with Gasteiger partial charge in [-0.15, -0.1) is 5.10 Å². The topological polar surface area (TPSA) is 86.5 Å². The number of piperazine rings is 1. The maximum absolute atomic E-state index is 12.6. The number of carbonyl (C=O) groups is 1. The monoisotopic (exact) mass is 322 g/mol. The maximum atomic E-state index is 12.6. The van der Waals surface area contributed by atoms with Gasteiger partial charge in [0.25, 0.3) is 5.91 Å². The molecule has 1 amide bonds. The van der Waals surface area contributed by atoms with Crippen LogP contribution in [0.4, 0.5) is 0 Å². The second kappa shape index (κ2) is 7.85. The maximum Gasteiger partial charge on any atom is 0.276 e. The molecule has 128 valence electrons. The normalized spacial score (nSPS) is 23.2. The van der Waals surface area contributed by atoms with Gasteiger partial charge in [0, 0.05) is 39.3 Å². The molecule has 23 heavy (non-hydrogen) atoms. The summed E-state index contributed by atoms with van der Waals surface area (Å²) in [6, 6.07) is -0.0813. The van der Waals surface area contributed by atoms with Gasteiger partial charge in [0.1, 0.15) is 0 Å². The van der Waals surface area contributed by atoms with Crippen LogP contribution in [0, 0.1) is 0 Å².